The second kappa shape index (κ2) is 3.11. The molecule has 2 saturated carbocycles. The minimum absolute atomic E-state index is 0.248. The first-order valence-corrected chi connectivity index (χ1v) is 5.67. The molecule has 0 aromatic heterocycles. The predicted molar refractivity (Wildman–Crippen MR) is 53.5 cm³/mol. The molecule has 74 valence electrons. The number of hydrogen-bond acceptors (Lipinski definition) is 1. The molecule has 1 heteroatoms. The zero-order valence-corrected chi connectivity index (χ0v) is 8.81. The standard InChI is InChI=1S/C12H20O/c1-9(2)11(13)10-3-5-12(6-4-10)7-8-12/h9-10H,3-8H2,1-2H3. The molecular formula is C12H20O. The molecule has 2 rings (SSSR count). The van der Waals surface area contributed by atoms with Gasteiger partial charge in [0.2, 0.25) is 0 Å². The van der Waals surface area contributed by atoms with Crippen molar-refractivity contribution in [2.75, 3.05) is 0 Å². The Morgan fingerprint density at radius 2 is 1.69 bits per heavy atom. The highest BCUT2D eigenvalue weighted by molar-refractivity contribution is 5.82. The van der Waals surface area contributed by atoms with E-state index < -0.39 is 0 Å². The van der Waals surface area contributed by atoms with Crippen molar-refractivity contribution in [3.05, 3.63) is 0 Å². The molecule has 0 atom stereocenters. The molecule has 0 aromatic carbocycles. The second-order valence-corrected chi connectivity index (χ2v) is 5.33. The Kier molecular flexibility index (Phi) is 2.21. The summed E-state index contributed by atoms with van der Waals surface area (Å²) in [5.41, 5.74) is 0.730. The van der Waals surface area contributed by atoms with Gasteiger partial charge in [0, 0.05) is 11.8 Å². The van der Waals surface area contributed by atoms with Crippen molar-refractivity contribution in [3.63, 3.8) is 0 Å². The number of rotatable bonds is 2. The smallest absolute Gasteiger partial charge is 0.138 e. The van der Waals surface area contributed by atoms with Gasteiger partial charge in [-0.05, 0) is 43.9 Å². The van der Waals surface area contributed by atoms with E-state index in [-0.39, 0.29) is 5.92 Å². The van der Waals surface area contributed by atoms with Gasteiger partial charge in [0.15, 0.2) is 0 Å². The van der Waals surface area contributed by atoms with Crippen molar-refractivity contribution < 1.29 is 4.79 Å². The molecule has 1 spiro atoms. The Balaban J connectivity index is 1.87. The van der Waals surface area contributed by atoms with Crippen LogP contribution in [-0.4, -0.2) is 5.78 Å². The molecule has 0 radical (unpaired) electrons. The van der Waals surface area contributed by atoms with Crippen LogP contribution in [0.1, 0.15) is 52.4 Å². The topological polar surface area (TPSA) is 17.1 Å². The van der Waals surface area contributed by atoms with Crippen molar-refractivity contribution in [1.82, 2.24) is 0 Å². The molecule has 0 aromatic rings. The third kappa shape index (κ3) is 1.79. The van der Waals surface area contributed by atoms with E-state index in [0.29, 0.717) is 11.7 Å². The summed E-state index contributed by atoms with van der Waals surface area (Å²) in [7, 11) is 0. The van der Waals surface area contributed by atoms with E-state index in [9.17, 15) is 4.79 Å². The molecule has 1 nitrogen and oxygen atoms in total. The third-order valence-electron chi connectivity index (χ3n) is 3.97. The summed E-state index contributed by atoms with van der Waals surface area (Å²) < 4.78 is 0. The average Bonchev–Trinajstić information content (AvgIpc) is 2.85. The van der Waals surface area contributed by atoms with Crippen molar-refractivity contribution in [2.24, 2.45) is 17.3 Å². The molecule has 2 fully saturated rings. The van der Waals surface area contributed by atoms with Gasteiger partial charge in [-0.1, -0.05) is 13.8 Å². The Hall–Kier alpha value is -0.330. The van der Waals surface area contributed by atoms with E-state index in [1.54, 1.807) is 0 Å². The number of carbonyl (C=O) groups excluding carboxylic acids is 1. The first-order valence-electron chi connectivity index (χ1n) is 5.67. The SMILES string of the molecule is CC(C)C(=O)C1CCC2(CC1)CC2. The van der Waals surface area contributed by atoms with Crippen LogP contribution in [0.2, 0.25) is 0 Å². The van der Waals surface area contributed by atoms with Gasteiger partial charge in [0.25, 0.3) is 0 Å². The second-order valence-electron chi connectivity index (χ2n) is 5.33. The van der Waals surface area contributed by atoms with Gasteiger partial charge in [-0.3, -0.25) is 4.79 Å². The van der Waals surface area contributed by atoms with Crippen LogP contribution in [-0.2, 0) is 4.79 Å². The lowest BCUT2D eigenvalue weighted by Crippen LogP contribution is -2.25. The van der Waals surface area contributed by atoms with E-state index in [1.807, 2.05) is 13.8 Å². The summed E-state index contributed by atoms with van der Waals surface area (Å²) in [5, 5.41) is 0. The summed E-state index contributed by atoms with van der Waals surface area (Å²) >= 11 is 0. The number of Topliss-reactive ketones (excluding diaryl/α,β-unsaturated/α-hetero) is 1. The van der Waals surface area contributed by atoms with Gasteiger partial charge in [0.05, 0.1) is 0 Å². The van der Waals surface area contributed by atoms with Crippen molar-refractivity contribution in [3.8, 4) is 0 Å². The molecule has 0 N–H and O–H groups in total. The van der Waals surface area contributed by atoms with Crippen molar-refractivity contribution >= 4 is 5.78 Å². The summed E-state index contributed by atoms with van der Waals surface area (Å²) in [6.45, 7) is 4.06. The van der Waals surface area contributed by atoms with E-state index >= 15 is 0 Å². The quantitative estimate of drug-likeness (QED) is 0.638. The lowest BCUT2D eigenvalue weighted by molar-refractivity contribution is -0.127. The monoisotopic (exact) mass is 180 g/mol. The highest BCUT2D eigenvalue weighted by atomic mass is 16.1. The zero-order valence-electron chi connectivity index (χ0n) is 8.81. The predicted octanol–water partition coefficient (Wildman–Crippen LogP) is 3.18. The first kappa shape index (κ1) is 9.23. The van der Waals surface area contributed by atoms with Crippen molar-refractivity contribution in [2.45, 2.75) is 52.4 Å². The molecule has 0 bridgehead atoms. The van der Waals surface area contributed by atoms with Gasteiger partial charge in [-0.2, -0.15) is 0 Å². The van der Waals surface area contributed by atoms with E-state index in [4.69, 9.17) is 0 Å². The summed E-state index contributed by atoms with van der Waals surface area (Å²) in [6.07, 6.45) is 7.89. The molecule has 2 aliphatic carbocycles. The molecule has 13 heavy (non-hydrogen) atoms. The van der Waals surface area contributed by atoms with Crippen molar-refractivity contribution in [1.29, 1.82) is 0 Å². The summed E-state index contributed by atoms with van der Waals surface area (Å²) in [5.74, 6) is 1.17. The maximum absolute atomic E-state index is 11.7. The molecule has 0 saturated heterocycles. The van der Waals surface area contributed by atoms with Gasteiger partial charge < -0.3 is 0 Å². The molecule has 0 heterocycles. The Morgan fingerprint density at radius 1 is 1.15 bits per heavy atom. The van der Waals surface area contributed by atoms with Crippen LogP contribution in [0.3, 0.4) is 0 Å². The van der Waals surface area contributed by atoms with E-state index in [0.717, 1.165) is 5.41 Å². The fourth-order valence-corrected chi connectivity index (χ4v) is 2.66. The number of ketones is 1. The molecule has 0 unspecified atom stereocenters. The minimum Gasteiger partial charge on any atom is -0.299 e. The van der Waals surface area contributed by atoms with Crippen LogP contribution in [0.15, 0.2) is 0 Å². The lowest BCUT2D eigenvalue weighted by atomic mass is 9.76. The Labute approximate surface area is 80.9 Å². The van der Waals surface area contributed by atoms with Crippen LogP contribution >= 0.6 is 0 Å². The number of carbonyl (C=O) groups is 1. The van der Waals surface area contributed by atoms with Gasteiger partial charge in [-0.15, -0.1) is 0 Å². The van der Waals surface area contributed by atoms with E-state index in [1.165, 1.54) is 38.5 Å². The van der Waals surface area contributed by atoms with Gasteiger partial charge in [0.1, 0.15) is 5.78 Å². The Morgan fingerprint density at radius 3 is 2.08 bits per heavy atom. The zero-order chi connectivity index (χ0) is 9.47. The molecule has 2 aliphatic rings. The van der Waals surface area contributed by atoms with Gasteiger partial charge in [-0.25, -0.2) is 0 Å². The van der Waals surface area contributed by atoms with Crippen LogP contribution in [0.5, 0.6) is 0 Å². The highest BCUT2D eigenvalue weighted by Crippen LogP contribution is 2.57. The minimum atomic E-state index is 0.248. The third-order valence-corrected chi connectivity index (χ3v) is 3.97. The summed E-state index contributed by atoms with van der Waals surface area (Å²) in [4.78, 5) is 11.7. The molecule has 0 aliphatic heterocycles. The van der Waals surface area contributed by atoms with Crippen LogP contribution in [0.4, 0.5) is 0 Å². The Bertz CT molecular complexity index is 203. The van der Waals surface area contributed by atoms with E-state index in [2.05, 4.69) is 0 Å². The maximum atomic E-state index is 11.7. The maximum Gasteiger partial charge on any atom is 0.138 e. The van der Waals surface area contributed by atoms with Crippen LogP contribution < -0.4 is 0 Å². The highest BCUT2D eigenvalue weighted by Gasteiger charge is 2.45. The van der Waals surface area contributed by atoms with Crippen LogP contribution in [0, 0.1) is 17.3 Å². The lowest BCUT2D eigenvalue weighted by Gasteiger charge is -2.28. The average molecular weight is 180 g/mol. The molecule has 0 amide bonds. The largest absolute Gasteiger partial charge is 0.299 e. The fourth-order valence-electron chi connectivity index (χ4n) is 2.66. The van der Waals surface area contributed by atoms with Crippen LogP contribution in [0.25, 0.3) is 0 Å². The molecular weight excluding hydrogens is 160 g/mol. The first-order chi connectivity index (χ1) is 6.13. The number of hydrogen-bond donors (Lipinski definition) is 0. The fraction of sp³-hybridized carbons (Fsp3) is 0.917. The summed E-state index contributed by atoms with van der Waals surface area (Å²) in [6, 6.07) is 0. The normalized spacial score (nSPS) is 26.7. The van der Waals surface area contributed by atoms with Gasteiger partial charge >= 0.3 is 0 Å².